The maximum atomic E-state index is 13.1. The molecule has 6 nitrogen and oxygen atoms in total. The van der Waals surface area contributed by atoms with E-state index in [1.54, 1.807) is 19.1 Å². The van der Waals surface area contributed by atoms with Gasteiger partial charge in [0.05, 0.1) is 11.6 Å². The zero-order valence-electron chi connectivity index (χ0n) is 16.9. The van der Waals surface area contributed by atoms with E-state index in [1.165, 1.54) is 4.57 Å². The number of amides is 2. The molecule has 0 radical (unpaired) electrons. The normalized spacial score (nSPS) is 11.6. The van der Waals surface area contributed by atoms with Crippen molar-refractivity contribution < 1.29 is 9.59 Å². The van der Waals surface area contributed by atoms with Crippen LogP contribution in [0.3, 0.4) is 0 Å². The van der Waals surface area contributed by atoms with E-state index in [9.17, 15) is 14.4 Å². The molecule has 1 heterocycles. The van der Waals surface area contributed by atoms with Gasteiger partial charge >= 0.3 is 0 Å². The van der Waals surface area contributed by atoms with Crippen LogP contribution in [-0.2, 0) is 22.6 Å². The van der Waals surface area contributed by atoms with E-state index in [0.29, 0.717) is 18.7 Å². The predicted octanol–water partition coefficient (Wildman–Crippen LogP) is 2.46. The number of nitrogens with zero attached hydrogens (tertiary/aromatic N) is 1. The lowest BCUT2D eigenvalue weighted by atomic mass is 10.0. The molecule has 1 atom stereocenters. The topological polar surface area (TPSA) is 94.2 Å². The Morgan fingerprint density at radius 3 is 2.23 bits per heavy atom. The highest BCUT2D eigenvalue weighted by Gasteiger charge is 2.20. The summed E-state index contributed by atoms with van der Waals surface area (Å²) >= 11 is 0. The standard InChI is InChI=1S/C24H25N3O3/c1-17(23(25)29)20-12-13-21(19-10-6-3-7-11-19)27(24(20)30)16-22(28)26-15-14-18-8-4-2-5-9-18/h2-13,17H,14-16H2,1H3,(H2,25,29)(H,26,28). The lowest BCUT2D eigenvalue weighted by molar-refractivity contribution is -0.121. The molecule has 1 unspecified atom stereocenters. The van der Waals surface area contributed by atoms with Crippen LogP contribution in [0.4, 0.5) is 0 Å². The quantitative estimate of drug-likeness (QED) is 0.605. The van der Waals surface area contributed by atoms with Crippen molar-refractivity contribution in [1.29, 1.82) is 0 Å². The first kappa shape index (κ1) is 21.0. The number of nitrogens with two attached hydrogens (primary N) is 1. The second kappa shape index (κ2) is 9.69. The van der Waals surface area contributed by atoms with Crippen LogP contribution in [0.15, 0.2) is 77.6 Å². The molecule has 2 amide bonds. The van der Waals surface area contributed by atoms with Crippen LogP contribution < -0.4 is 16.6 Å². The van der Waals surface area contributed by atoms with Crippen molar-refractivity contribution in [2.24, 2.45) is 5.73 Å². The number of nitrogens with one attached hydrogen (secondary N) is 1. The monoisotopic (exact) mass is 403 g/mol. The summed E-state index contributed by atoms with van der Waals surface area (Å²) in [7, 11) is 0. The number of hydrogen-bond acceptors (Lipinski definition) is 3. The first-order valence-electron chi connectivity index (χ1n) is 9.86. The molecule has 0 spiro atoms. The van der Waals surface area contributed by atoms with E-state index in [2.05, 4.69) is 5.32 Å². The molecule has 0 saturated heterocycles. The minimum atomic E-state index is -0.741. The Morgan fingerprint density at radius 1 is 0.967 bits per heavy atom. The minimum absolute atomic E-state index is 0.142. The number of carbonyl (C=O) groups excluding carboxylic acids is 2. The van der Waals surface area contributed by atoms with Gasteiger partial charge in [-0.3, -0.25) is 19.0 Å². The van der Waals surface area contributed by atoms with Crippen molar-refractivity contribution in [2.75, 3.05) is 6.54 Å². The van der Waals surface area contributed by atoms with E-state index >= 15 is 0 Å². The smallest absolute Gasteiger partial charge is 0.255 e. The van der Waals surface area contributed by atoms with E-state index in [0.717, 1.165) is 11.1 Å². The molecule has 2 aromatic carbocycles. The van der Waals surface area contributed by atoms with Gasteiger partial charge in [-0.05, 0) is 30.5 Å². The Labute approximate surface area is 175 Å². The van der Waals surface area contributed by atoms with Crippen LogP contribution in [-0.4, -0.2) is 22.9 Å². The summed E-state index contributed by atoms with van der Waals surface area (Å²) in [6, 6.07) is 22.6. The summed E-state index contributed by atoms with van der Waals surface area (Å²) in [6.07, 6.45) is 0.700. The fraction of sp³-hybridized carbons (Fsp3) is 0.208. The van der Waals surface area contributed by atoms with Crippen molar-refractivity contribution >= 4 is 11.8 Å². The molecule has 6 heteroatoms. The molecule has 0 bridgehead atoms. The van der Waals surface area contributed by atoms with Gasteiger partial charge in [-0.15, -0.1) is 0 Å². The highest BCUT2D eigenvalue weighted by Crippen LogP contribution is 2.20. The predicted molar refractivity (Wildman–Crippen MR) is 117 cm³/mol. The molecule has 0 aliphatic heterocycles. The van der Waals surface area contributed by atoms with Gasteiger partial charge in [-0.25, -0.2) is 0 Å². The first-order chi connectivity index (χ1) is 14.5. The number of hydrogen-bond donors (Lipinski definition) is 2. The third-order valence-corrected chi connectivity index (χ3v) is 5.05. The van der Waals surface area contributed by atoms with Crippen molar-refractivity contribution in [1.82, 2.24) is 9.88 Å². The first-order valence-corrected chi connectivity index (χ1v) is 9.86. The maximum absolute atomic E-state index is 13.1. The molecule has 3 rings (SSSR count). The fourth-order valence-electron chi connectivity index (χ4n) is 3.29. The van der Waals surface area contributed by atoms with Gasteiger partial charge in [0.25, 0.3) is 5.56 Å². The molecule has 0 aliphatic rings. The zero-order valence-corrected chi connectivity index (χ0v) is 16.9. The van der Waals surface area contributed by atoms with Gasteiger partial charge in [0.2, 0.25) is 11.8 Å². The van der Waals surface area contributed by atoms with Crippen LogP contribution in [0.25, 0.3) is 11.3 Å². The largest absolute Gasteiger partial charge is 0.369 e. The Morgan fingerprint density at radius 2 is 1.60 bits per heavy atom. The lowest BCUT2D eigenvalue weighted by Gasteiger charge is -2.16. The summed E-state index contributed by atoms with van der Waals surface area (Å²) in [4.78, 5) is 37.3. The van der Waals surface area contributed by atoms with Crippen LogP contribution >= 0.6 is 0 Å². The molecule has 154 valence electrons. The van der Waals surface area contributed by atoms with Gasteiger partial charge < -0.3 is 11.1 Å². The number of benzene rings is 2. The van der Waals surface area contributed by atoms with Crippen molar-refractivity contribution in [3.8, 4) is 11.3 Å². The van der Waals surface area contributed by atoms with Gasteiger partial charge in [-0.2, -0.15) is 0 Å². The summed E-state index contributed by atoms with van der Waals surface area (Å²) in [5, 5.41) is 2.87. The second-order valence-corrected chi connectivity index (χ2v) is 7.14. The molecule has 1 aromatic heterocycles. The summed E-state index contributed by atoms with van der Waals surface area (Å²) in [5.74, 6) is -1.60. The van der Waals surface area contributed by atoms with Gasteiger partial charge in [-0.1, -0.05) is 66.7 Å². The number of pyridine rings is 1. The number of primary amides is 1. The van der Waals surface area contributed by atoms with E-state index in [-0.39, 0.29) is 23.6 Å². The third-order valence-electron chi connectivity index (χ3n) is 5.05. The molecule has 3 aromatic rings. The van der Waals surface area contributed by atoms with Crippen LogP contribution in [0.1, 0.15) is 24.0 Å². The van der Waals surface area contributed by atoms with E-state index < -0.39 is 11.8 Å². The van der Waals surface area contributed by atoms with Crippen LogP contribution in [0, 0.1) is 0 Å². The number of aromatic nitrogens is 1. The van der Waals surface area contributed by atoms with Gasteiger partial charge in [0, 0.05) is 12.1 Å². The highest BCUT2D eigenvalue weighted by atomic mass is 16.2. The lowest BCUT2D eigenvalue weighted by Crippen LogP contribution is -2.36. The molecule has 0 saturated carbocycles. The summed E-state index contributed by atoms with van der Waals surface area (Å²) < 4.78 is 1.40. The maximum Gasteiger partial charge on any atom is 0.255 e. The van der Waals surface area contributed by atoms with Gasteiger partial charge in [0.15, 0.2) is 0 Å². The van der Waals surface area contributed by atoms with E-state index in [1.807, 2.05) is 60.7 Å². The summed E-state index contributed by atoms with van der Waals surface area (Å²) in [6.45, 7) is 1.92. The summed E-state index contributed by atoms with van der Waals surface area (Å²) in [5.41, 5.74) is 7.82. The highest BCUT2D eigenvalue weighted by molar-refractivity contribution is 5.81. The van der Waals surface area contributed by atoms with Gasteiger partial charge in [0.1, 0.15) is 6.54 Å². The molecule has 0 aliphatic carbocycles. The SMILES string of the molecule is CC(C(N)=O)c1ccc(-c2ccccc2)n(CC(=O)NCCc2ccccc2)c1=O. The van der Waals surface area contributed by atoms with Crippen LogP contribution in [0.2, 0.25) is 0 Å². The van der Waals surface area contributed by atoms with Crippen molar-refractivity contribution in [2.45, 2.75) is 25.8 Å². The van der Waals surface area contributed by atoms with Crippen molar-refractivity contribution in [3.63, 3.8) is 0 Å². The Balaban J connectivity index is 1.84. The zero-order chi connectivity index (χ0) is 21.5. The Kier molecular flexibility index (Phi) is 6.80. The number of carbonyl (C=O) groups is 2. The third kappa shape index (κ3) is 5.03. The molecule has 30 heavy (non-hydrogen) atoms. The molecule has 3 N–H and O–H groups in total. The molecule has 0 fully saturated rings. The average Bonchev–Trinajstić information content (AvgIpc) is 2.76. The molecular formula is C24H25N3O3. The Hall–Kier alpha value is -3.67. The minimum Gasteiger partial charge on any atom is -0.369 e. The van der Waals surface area contributed by atoms with Crippen LogP contribution in [0.5, 0.6) is 0 Å². The molecular weight excluding hydrogens is 378 g/mol. The number of rotatable bonds is 8. The Bertz CT molecular complexity index is 1080. The van der Waals surface area contributed by atoms with Crippen molar-refractivity contribution in [3.05, 3.63) is 94.3 Å². The average molecular weight is 403 g/mol. The second-order valence-electron chi connectivity index (χ2n) is 7.14. The fourth-order valence-corrected chi connectivity index (χ4v) is 3.29. The van der Waals surface area contributed by atoms with E-state index in [4.69, 9.17) is 5.73 Å².